The summed E-state index contributed by atoms with van der Waals surface area (Å²) >= 11 is 0. The summed E-state index contributed by atoms with van der Waals surface area (Å²) in [4.78, 5) is 0. The first kappa shape index (κ1) is 13.4. The van der Waals surface area contributed by atoms with Crippen molar-refractivity contribution in [1.29, 1.82) is 0 Å². The average Bonchev–Trinajstić information content (AvgIpc) is 2.69. The maximum Gasteiger partial charge on any atom is 0.0671 e. The molecule has 0 aromatic carbocycles. The molecule has 0 spiro atoms. The Kier molecular flexibility index (Phi) is 3.57. The summed E-state index contributed by atoms with van der Waals surface area (Å²) in [5.74, 6) is 0.924. The number of hydrogen-bond acceptors (Lipinski definition) is 2. The molecule has 0 aromatic heterocycles. The van der Waals surface area contributed by atoms with E-state index in [0.717, 1.165) is 19.1 Å². The summed E-state index contributed by atoms with van der Waals surface area (Å²) in [7, 11) is 0. The lowest BCUT2D eigenvalue weighted by molar-refractivity contribution is 0.0524. The van der Waals surface area contributed by atoms with Gasteiger partial charge >= 0.3 is 0 Å². The highest BCUT2D eigenvalue weighted by molar-refractivity contribution is 5.12. The zero-order chi connectivity index (χ0) is 12.7. The van der Waals surface area contributed by atoms with Crippen molar-refractivity contribution >= 4 is 0 Å². The van der Waals surface area contributed by atoms with E-state index in [4.69, 9.17) is 4.74 Å². The van der Waals surface area contributed by atoms with Gasteiger partial charge < -0.3 is 10.1 Å². The molecule has 0 aromatic rings. The summed E-state index contributed by atoms with van der Waals surface area (Å²) in [5.41, 5.74) is 0.985. The molecule has 1 N–H and O–H groups in total. The van der Waals surface area contributed by atoms with Crippen molar-refractivity contribution in [3.8, 4) is 0 Å². The van der Waals surface area contributed by atoms with Gasteiger partial charge in [-0.1, -0.05) is 20.8 Å². The third-order valence-electron chi connectivity index (χ3n) is 5.33. The van der Waals surface area contributed by atoms with Crippen molar-refractivity contribution in [1.82, 2.24) is 5.32 Å². The Balaban J connectivity index is 1.96. The second kappa shape index (κ2) is 4.55. The lowest BCUT2D eigenvalue weighted by Crippen LogP contribution is -2.52. The van der Waals surface area contributed by atoms with Crippen LogP contribution >= 0.6 is 0 Å². The molecule has 2 fully saturated rings. The van der Waals surface area contributed by atoms with Crippen LogP contribution in [0, 0.1) is 16.7 Å². The van der Waals surface area contributed by atoms with E-state index >= 15 is 0 Å². The van der Waals surface area contributed by atoms with Gasteiger partial charge in [0.1, 0.15) is 0 Å². The molecule has 2 heteroatoms. The van der Waals surface area contributed by atoms with Crippen LogP contribution in [0.1, 0.15) is 53.9 Å². The lowest BCUT2D eigenvalue weighted by Gasteiger charge is -2.43. The van der Waals surface area contributed by atoms with Gasteiger partial charge in [0.25, 0.3) is 0 Å². The lowest BCUT2D eigenvalue weighted by atomic mass is 9.68. The Hall–Kier alpha value is -0.0800. The van der Waals surface area contributed by atoms with Crippen LogP contribution < -0.4 is 5.32 Å². The van der Waals surface area contributed by atoms with E-state index < -0.39 is 0 Å². The Morgan fingerprint density at radius 3 is 2.59 bits per heavy atom. The molecule has 4 atom stereocenters. The minimum Gasteiger partial charge on any atom is -0.377 e. The van der Waals surface area contributed by atoms with E-state index in [9.17, 15) is 0 Å². The Bertz CT molecular complexity index is 271. The molecule has 2 rings (SSSR count). The Morgan fingerprint density at radius 2 is 2.06 bits per heavy atom. The summed E-state index contributed by atoms with van der Waals surface area (Å²) < 4.78 is 5.62. The number of ether oxygens (including phenoxy) is 1. The normalized spacial score (nSPS) is 40.8. The number of rotatable bonds is 5. The molecule has 2 unspecified atom stereocenters. The van der Waals surface area contributed by atoms with Gasteiger partial charge in [0.15, 0.2) is 0 Å². The van der Waals surface area contributed by atoms with Gasteiger partial charge in [0.05, 0.1) is 6.10 Å². The van der Waals surface area contributed by atoms with E-state index in [0.29, 0.717) is 23.0 Å². The molecule has 0 aliphatic heterocycles. The van der Waals surface area contributed by atoms with E-state index in [-0.39, 0.29) is 0 Å². The fraction of sp³-hybridized carbons (Fsp3) is 1.00. The highest BCUT2D eigenvalue weighted by Crippen LogP contribution is 2.62. The number of fused-ring (bicyclic) bond motifs is 2. The summed E-state index contributed by atoms with van der Waals surface area (Å²) in [5, 5.41) is 3.80. The minimum atomic E-state index is 0.332. The van der Waals surface area contributed by atoms with Gasteiger partial charge in [-0.2, -0.15) is 0 Å². The molecule has 0 saturated heterocycles. The number of hydrogen-bond donors (Lipinski definition) is 1. The average molecular weight is 239 g/mol. The van der Waals surface area contributed by atoms with Crippen LogP contribution in [0.4, 0.5) is 0 Å². The van der Waals surface area contributed by atoms with Crippen molar-refractivity contribution < 1.29 is 4.74 Å². The van der Waals surface area contributed by atoms with Gasteiger partial charge in [-0.15, -0.1) is 0 Å². The van der Waals surface area contributed by atoms with Crippen LogP contribution in [-0.4, -0.2) is 25.3 Å². The van der Waals surface area contributed by atoms with E-state index in [1.54, 1.807) is 0 Å². The van der Waals surface area contributed by atoms with Gasteiger partial charge in [0, 0.05) is 19.2 Å². The maximum absolute atomic E-state index is 5.62. The first-order valence-corrected chi connectivity index (χ1v) is 7.25. The van der Waals surface area contributed by atoms with Crippen molar-refractivity contribution in [2.45, 2.75) is 66.0 Å². The van der Waals surface area contributed by atoms with Crippen molar-refractivity contribution in [2.24, 2.45) is 16.7 Å². The molecule has 0 heterocycles. The predicted octanol–water partition coefficient (Wildman–Crippen LogP) is 3.22. The molecule has 2 aliphatic rings. The quantitative estimate of drug-likeness (QED) is 0.795. The number of nitrogens with one attached hydrogen (secondary N) is 1. The van der Waals surface area contributed by atoms with Crippen LogP contribution in [-0.2, 0) is 4.74 Å². The standard InChI is InChI=1S/C15H29NO/c1-6-17-11(2)10-16-13-14(3,4)12-7-8-15(13,5)9-12/h11-13,16H,6-10H2,1-5H3/t11?,12-,13?,15+/m0/s1. The molecule has 100 valence electrons. The van der Waals surface area contributed by atoms with Crippen LogP contribution in [0.2, 0.25) is 0 Å². The first-order valence-electron chi connectivity index (χ1n) is 7.25. The van der Waals surface area contributed by atoms with Crippen LogP contribution in [0.5, 0.6) is 0 Å². The van der Waals surface area contributed by atoms with Gasteiger partial charge in [-0.05, 0) is 49.9 Å². The van der Waals surface area contributed by atoms with Gasteiger partial charge in [0.2, 0.25) is 0 Å². The van der Waals surface area contributed by atoms with Crippen LogP contribution in [0.25, 0.3) is 0 Å². The topological polar surface area (TPSA) is 21.3 Å². The second-order valence-corrected chi connectivity index (χ2v) is 7.02. The van der Waals surface area contributed by atoms with Gasteiger partial charge in [-0.25, -0.2) is 0 Å². The SMILES string of the molecule is CCOC(C)CNC1C(C)(C)[C@H]2CC[C@]1(C)C2. The summed E-state index contributed by atoms with van der Waals surface area (Å²) in [6.45, 7) is 13.4. The fourth-order valence-electron chi connectivity index (χ4n) is 4.44. The molecule has 0 amide bonds. The fourth-order valence-corrected chi connectivity index (χ4v) is 4.44. The molecule has 2 aliphatic carbocycles. The van der Waals surface area contributed by atoms with E-state index in [2.05, 4.69) is 39.9 Å². The monoisotopic (exact) mass is 239 g/mol. The molecule has 2 saturated carbocycles. The van der Waals surface area contributed by atoms with Crippen molar-refractivity contribution in [3.63, 3.8) is 0 Å². The van der Waals surface area contributed by atoms with Crippen molar-refractivity contribution in [2.75, 3.05) is 13.2 Å². The maximum atomic E-state index is 5.62. The predicted molar refractivity (Wildman–Crippen MR) is 72.1 cm³/mol. The minimum absolute atomic E-state index is 0.332. The van der Waals surface area contributed by atoms with Gasteiger partial charge in [-0.3, -0.25) is 0 Å². The Morgan fingerprint density at radius 1 is 1.35 bits per heavy atom. The van der Waals surface area contributed by atoms with Crippen LogP contribution in [0.3, 0.4) is 0 Å². The first-order chi connectivity index (χ1) is 7.90. The van der Waals surface area contributed by atoms with Crippen LogP contribution in [0.15, 0.2) is 0 Å². The Labute approximate surface area is 107 Å². The third kappa shape index (κ3) is 2.26. The summed E-state index contributed by atoms with van der Waals surface area (Å²) in [6, 6.07) is 0.664. The molecular weight excluding hydrogens is 210 g/mol. The zero-order valence-electron chi connectivity index (χ0n) is 12.2. The molecule has 0 radical (unpaired) electrons. The largest absolute Gasteiger partial charge is 0.377 e. The molecule has 2 nitrogen and oxygen atoms in total. The molecule has 17 heavy (non-hydrogen) atoms. The highest BCUT2D eigenvalue weighted by Gasteiger charge is 2.58. The second-order valence-electron chi connectivity index (χ2n) is 7.02. The summed E-state index contributed by atoms with van der Waals surface area (Å²) in [6.07, 6.45) is 4.59. The third-order valence-corrected chi connectivity index (χ3v) is 5.33. The smallest absolute Gasteiger partial charge is 0.0671 e. The molecule has 2 bridgehead atoms. The zero-order valence-corrected chi connectivity index (χ0v) is 12.2. The van der Waals surface area contributed by atoms with Crippen molar-refractivity contribution in [3.05, 3.63) is 0 Å². The van der Waals surface area contributed by atoms with E-state index in [1.807, 2.05) is 0 Å². The van der Waals surface area contributed by atoms with E-state index in [1.165, 1.54) is 19.3 Å². The molecular formula is C15H29NO. The highest BCUT2D eigenvalue weighted by atomic mass is 16.5.